The van der Waals surface area contributed by atoms with E-state index in [4.69, 9.17) is 0 Å². The molecule has 0 radical (unpaired) electrons. The molecule has 6 heteroatoms. The molecule has 1 aromatic heterocycles. The van der Waals surface area contributed by atoms with Gasteiger partial charge in [-0.1, -0.05) is 22.9 Å². The Kier molecular flexibility index (Phi) is 4.50. The van der Waals surface area contributed by atoms with Crippen molar-refractivity contribution < 1.29 is 13.2 Å². The summed E-state index contributed by atoms with van der Waals surface area (Å²) >= 11 is 3.12. The molecule has 19 heavy (non-hydrogen) atoms. The summed E-state index contributed by atoms with van der Waals surface area (Å²) in [5.41, 5.74) is -0.363. The fraction of sp³-hybridized carbons (Fsp3) is 0.615. The molecule has 2 nitrogen and oxygen atoms in total. The predicted octanol–water partition coefficient (Wildman–Crippen LogP) is 4.09. The van der Waals surface area contributed by atoms with E-state index in [1.165, 1.54) is 6.42 Å². The van der Waals surface area contributed by atoms with Crippen LogP contribution in [-0.2, 0) is 12.7 Å². The first-order valence-electron chi connectivity index (χ1n) is 6.30. The summed E-state index contributed by atoms with van der Waals surface area (Å²) in [6.07, 6.45) is -2.11. The lowest BCUT2D eigenvalue weighted by Gasteiger charge is -2.30. The van der Waals surface area contributed by atoms with Crippen LogP contribution in [-0.4, -0.2) is 23.0 Å². The van der Waals surface area contributed by atoms with Gasteiger partial charge in [-0.2, -0.15) is 13.2 Å². The normalized spacial score (nSPS) is 21.6. The van der Waals surface area contributed by atoms with Crippen LogP contribution in [0, 0.1) is 5.92 Å². The lowest BCUT2D eigenvalue weighted by atomic mass is 10.0. The highest BCUT2D eigenvalue weighted by Gasteiger charge is 2.33. The number of hydrogen-bond donors (Lipinski definition) is 0. The van der Waals surface area contributed by atoms with Crippen LogP contribution in [0.25, 0.3) is 0 Å². The minimum atomic E-state index is -4.40. The van der Waals surface area contributed by atoms with Gasteiger partial charge in [-0.3, -0.25) is 4.90 Å². The van der Waals surface area contributed by atoms with Gasteiger partial charge in [0.05, 0.1) is 5.69 Å². The highest BCUT2D eigenvalue weighted by Crippen LogP contribution is 2.30. The van der Waals surface area contributed by atoms with Crippen molar-refractivity contribution in [2.45, 2.75) is 32.5 Å². The van der Waals surface area contributed by atoms with E-state index >= 15 is 0 Å². The van der Waals surface area contributed by atoms with Gasteiger partial charge in [-0.25, -0.2) is 4.98 Å². The first kappa shape index (κ1) is 14.8. The summed E-state index contributed by atoms with van der Waals surface area (Å²) in [6, 6.07) is 2.68. The summed E-state index contributed by atoms with van der Waals surface area (Å²) in [5, 5.41) is 0. The maximum Gasteiger partial charge on any atom is 0.433 e. The standard InChI is InChI=1S/C13H16BrF3N2/c1-9-3-2-4-19(7-9)8-11-5-10(14)6-12(18-11)13(15,16)17/h5-6,9H,2-4,7-8H2,1H3/t9-/m0/s1. The van der Waals surface area contributed by atoms with Crippen LogP contribution < -0.4 is 0 Å². The molecule has 0 amide bonds. The molecule has 1 fully saturated rings. The zero-order valence-electron chi connectivity index (χ0n) is 10.7. The monoisotopic (exact) mass is 336 g/mol. The zero-order chi connectivity index (χ0) is 14.0. The molecule has 1 aromatic rings. The van der Waals surface area contributed by atoms with Gasteiger partial charge in [-0.05, 0) is 37.4 Å². The average molecular weight is 337 g/mol. The number of aromatic nitrogens is 1. The van der Waals surface area contributed by atoms with Crippen molar-refractivity contribution in [2.75, 3.05) is 13.1 Å². The maximum absolute atomic E-state index is 12.7. The predicted molar refractivity (Wildman–Crippen MR) is 70.6 cm³/mol. The summed E-state index contributed by atoms with van der Waals surface area (Å²) in [4.78, 5) is 5.90. The molecule has 2 rings (SSSR count). The van der Waals surface area contributed by atoms with Crippen LogP contribution in [0.3, 0.4) is 0 Å². The van der Waals surface area contributed by atoms with Crippen molar-refractivity contribution >= 4 is 15.9 Å². The summed E-state index contributed by atoms with van der Waals surface area (Å²) in [6.45, 7) is 4.50. The number of piperidine rings is 1. The molecule has 0 unspecified atom stereocenters. The fourth-order valence-corrected chi connectivity index (χ4v) is 2.92. The highest BCUT2D eigenvalue weighted by molar-refractivity contribution is 9.10. The van der Waals surface area contributed by atoms with Crippen LogP contribution >= 0.6 is 15.9 Å². The van der Waals surface area contributed by atoms with Gasteiger partial charge in [0, 0.05) is 17.6 Å². The second kappa shape index (κ2) is 5.79. The average Bonchev–Trinajstić information content (AvgIpc) is 2.26. The summed E-state index contributed by atoms with van der Waals surface area (Å²) in [5.74, 6) is 0.600. The van der Waals surface area contributed by atoms with Gasteiger partial charge in [0.15, 0.2) is 0 Å². The zero-order valence-corrected chi connectivity index (χ0v) is 12.3. The van der Waals surface area contributed by atoms with Crippen molar-refractivity contribution in [3.8, 4) is 0 Å². The van der Waals surface area contributed by atoms with Gasteiger partial charge in [0.2, 0.25) is 0 Å². The smallest absolute Gasteiger partial charge is 0.297 e. The van der Waals surface area contributed by atoms with Gasteiger partial charge in [-0.15, -0.1) is 0 Å². The number of hydrogen-bond acceptors (Lipinski definition) is 2. The number of rotatable bonds is 2. The Balaban J connectivity index is 2.14. The number of pyridine rings is 1. The molecule has 0 bridgehead atoms. The molecule has 1 aliphatic rings. The van der Waals surface area contributed by atoms with E-state index in [-0.39, 0.29) is 0 Å². The number of likely N-dealkylation sites (tertiary alicyclic amines) is 1. The SMILES string of the molecule is C[C@H]1CCCN(Cc2cc(Br)cc(C(F)(F)F)n2)C1. The topological polar surface area (TPSA) is 16.1 Å². The second-order valence-electron chi connectivity index (χ2n) is 5.14. The Morgan fingerprint density at radius 1 is 1.42 bits per heavy atom. The molecule has 0 saturated carbocycles. The van der Waals surface area contributed by atoms with Crippen molar-refractivity contribution in [3.63, 3.8) is 0 Å². The van der Waals surface area contributed by atoms with E-state index in [0.29, 0.717) is 22.6 Å². The third-order valence-electron chi connectivity index (χ3n) is 3.26. The number of halogens is 4. The lowest BCUT2D eigenvalue weighted by Crippen LogP contribution is -2.34. The van der Waals surface area contributed by atoms with Gasteiger partial charge >= 0.3 is 6.18 Å². The third-order valence-corrected chi connectivity index (χ3v) is 3.72. The quantitative estimate of drug-likeness (QED) is 0.808. The van der Waals surface area contributed by atoms with E-state index in [2.05, 4.69) is 32.7 Å². The van der Waals surface area contributed by atoms with Crippen molar-refractivity contribution in [2.24, 2.45) is 5.92 Å². The van der Waals surface area contributed by atoms with Crippen LogP contribution in [0.4, 0.5) is 13.2 Å². The molecule has 106 valence electrons. The van der Waals surface area contributed by atoms with Crippen LogP contribution in [0.2, 0.25) is 0 Å². The van der Waals surface area contributed by atoms with E-state index in [0.717, 1.165) is 25.6 Å². The van der Waals surface area contributed by atoms with E-state index in [1.54, 1.807) is 6.07 Å². The Morgan fingerprint density at radius 2 is 2.16 bits per heavy atom. The Hall–Kier alpha value is -0.620. The minimum Gasteiger partial charge on any atom is -0.297 e. The maximum atomic E-state index is 12.7. The minimum absolute atomic E-state index is 0.426. The molecule has 1 aliphatic heterocycles. The second-order valence-corrected chi connectivity index (χ2v) is 6.06. The largest absolute Gasteiger partial charge is 0.433 e. The first-order valence-corrected chi connectivity index (χ1v) is 7.10. The Morgan fingerprint density at radius 3 is 2.79 bits per heavy atom. The number of alkyl halides is 3. The van der Waals surface area contributed by atoms with Crippen molar-refractivity contribution in [3.05, 3.63) is 28.0 Å². The molecule has 0 aliphatic carbocycles. The van der Waals surface area contributed by atoms with Crippen LogP contribution in [0.1, 0.15) is 31.2 Å². The van der Waals surface area contributed by atoms with Gasteiger partial charge in [0.1, 0.15) is 5.69 Å². The van der Waals surface area contributed by atoms with Crippen LogP contribution in [0.15, 0.2) is 16.6 Å². The fourth-order valence-electron chi connectivity index (χ4n) is 2.44. The Bertz CT molecular complexity index is 448. The summed E-state index contributed by atoms with van der Waals surface area (Å²) in [7, 11) is 0. The highest BCUT2D eigenvalue weighted by atomic mass is 79.9. The van der Waals surface area contributed by atoms with E-state index in [1.807, 2.05) is 0 Å². The molecule has 1 atom stereocenters. The van der Waals surface area contributed by atoms with Gasteiger partial charge < -0.3 is 0 Å². The Labute approximate surface area is 119 Å². The third kappa shape index (κ3) is 4.18. The summed E-state index contributed by atoms with van der Waals surface area (Å²) < 4.78 is 38.5. The van der Waals surface area contributed by atoms with Crippen molar-refractivity contribution in [1.29, 1.82) is 0 Å². The van der Waals surface area contributed by atoms with Gasteiger partial charge in [0.25, 0.3) is 0 Å². The molecule has 1 saturated heterocycles. The van der Waals surface area contributed by atoms with E-state index in [9.17, 15) is 13.2 Å². The lowest BCUT2D eigenvalue weighted by molar-refractivity contribution is -0.141. The molecular formula is C13H16BrF3N2. The molecule has 0 N–H and O–H groups in total. The molecule has 2 heterocycles. The molecule has 0 aromatic carbocycles. The number of nitrogens with zero attached hydrogens (tertiary/aromatic N) is 2. The van der Waals surface area contributed by atoms with Crippen LogP contribution in [0.5, 0.6) is 0 Å². The first-order chi connectivity index (χ1) is 8.84. The molecule has 0 spiro atoms. The van der Waals surface area contributed by atoms with E-state index < -0.39 is 11.9 Å². The van der Waals surface area contributed by atoms with Crippen molar-refractivity contribution in [1.82, 2.24) is 9.88 Å². The molecular weight excluding hydrogens is 321 g/mol.